The third-order valence-electron chi connectivity index (χ3n) is 2.94. The largest absolute Gasteiger partial charge is 0.476 e. The van der Waals surface area contributed by atoms with Gasteiger partial charge in [-0.15, -0.1) is 0 Å². The predicted octanol–water partition coefficient (Wildman–Crippen LogP) is 1.96. The second-order valence-corrected chi connectivity index (χ2v) is 5.04. The van der Waals surface area contributed by atoms with Gasteiger partial charge in [0.1, 0.15) is 5.82 Å². The van der Waals surface area contributed by atoms with Gasteiger partial charge in [-0.25, -0.2) is 14.8 Å². The molecule has 2 aromatic rings. The number of carboxylic acids is 1. The fraction of sp³-hybridized carbons (Fsp3) is 0.286. The van der Waals surface area contributed by atoms with Gasteiger partial charge in [-0.2, -0.15) is 0 Å². The first-order chi connectivity index (χ1) is 9.49. The van der Waals surface area contributed by atoms with Crippen LogP contribution in [0.1, 0.15) is 30.0 Å². The maximum atomic E-state index is 10.7. The molecule has 0 fully saturated rings. The SMILES string of the molecule is CC(C)(CNc1cnc(C(=O)O)cn1)c1ccccn1. The second kappa shape index (κ2) is 5.64. The number of hydrogen-bond acceptors (Lipinski definition) is 5. The van der Waals surface area contributed by atoms with Crippen LogP contribution in [-0.4, -0.2) is 32.6 Å². The van der Waals surface area contributed by atoms with Crippen LogP contribution in [0.15, 0.2) is 36.8 Å². The van der Waals surface area contributed by atoms with Crippen LogP contribution in [-0.2, 0) is 5.41 Å². The molecule has 0 aliphatic rings. The summed E-state index contributed by atoms with van der Waals surface area (Å²) in [6.45, 7) is 4.76. The fourth-order valence-corrected chi connectivity index (χ4v) is 1.69. The Bertz CT molecular complexity index is 582. The van der Waals surface area contributed by atoms with Crippen molar-refractivity contribution < 1.29 is 9.90 Å². The Kier molecular flexibility index (Phi) is 3.93. The van der Waals surface area contributed by atoms with E-state index in [1.54, 1.807) is 6.20 Å². The zero-order valence-electron chi connectivity index (χ0n) is 11.4. The van der Waals surface area contributed by atoms with Gasteiger partial charge in [0.05, 0.1) is 12.4 Å². The second-order valence-electron chi connectivity index (χ2n) is 5.04. The first-order valence-electron chi connectivity index (χ1n) is 6.20. The lowest BCUT2D eigenvalue weighted by Crippen LogP contribution is -2.29. The van der Waals surface area contributed by atoms with Gasteiger partial charge >= 0.3 is 5.97 Å². The lowest BCUT2D eigenvalue weighted by Gasteiger charge is -2.24. The molecule has 6 nitrogen and oxygen atoms in total. The Morgan fingerprint density at radius 3 is 2.60 bits per heavy atom. The summed E-state index contributed by atoms with van der Waals surface area (Å²) < 4.78 is 0. The average Bonchev–Trinajstić information content (AvgIpc) is 2.46. The topological polar surface area (TPSA) is 88.0 Å². The number of nitrogens with one attached hydrogen (secondary N) is 1. The zero-order valence-corrected chi connectivity index (χ0v) is 11.4. The number of rotatable bonds is 5. The van der Waals surface area contributed by atoms with Crippen molar-refractivity contribution in [3.8, 4) is 0 Å². The quantitative estimate of drug-likeness (QED) is 0.865. The van der Waals surface area contributed by atoms with Crippen LogP contribution >= 0.6 is 0 Å². The smallest absolute Gasteiger partial charge is 0.356 e. The lowest BCUT2D eigenvalue weighted by molar-refractivity contribution is 0.0690. The van der Waals surface area contributed by atoms with Gasteiger partial charge < -0.3 is 10.4 Å². The summed E-state index contributed by atoms with van der Waals surface area (Å²) in [6, 6.07) is 5.80. The van der Waals surface area contributed by atoms with E-state index in [9.17, 15) is 4.79 Å². The summed E-state index contributed by atoms with van der Waals surface area (Å²) in [5, 5.41) is 11.9. The highest BCUT2D eigenvalue weighted by atomic mass is 16.4. The molecule has 104 valence electrons. The van der Waals surface area contributed by atoms with Gasteiger partial charge in [0.25, 0.3) is 0 Å². The summed E-state index contributed by atoms with van der Waals surface area (Å²) in [5.74, 6) is -0.545. The van der Waals surface area contributed by atoms with Gasteiger partial charge in [0.2, 0.25) is 0 Å². The lowest BCUT2D eigenvalue weighted by atomic mass is 9.89. The highest BCUT2D eigenvalue weighted by Gasteiger charge is 2.21. The minimum atomic E-state index is -1.09. The van der Waals surface area contributed by atoms with Gasteiger partial charge in [-0.3, -0.25) is 4.98 Å². The number of aromatic nitrogens is 3. The molecule has 0 atom stereocenters. The first-order valence-corrected chi connectivity index (χ1v) is 6.20. The molecule has 2 N–H and O–H groups in total. The number of carboxylic acid groups (broad SMARTS) is 1. The fourth-order valence-electron chi connectivity index (χ4n) is 1.69. The first kappa shape index (κ1) is 13.9. The third kappa shape index (κ3) is 3.28. The molecule has 2 heterocycles. The third-order valence-corrected chi connectivity index (χ3v) is 2.94. The van der Waals surface area contributed by atoms with Crippen LogP contribution in [0, 0.1) is 0 Å². The van der Waals surface area contributed by atoms with Crippen LogP contribution in [0.5, 0.6) is 0 Å². The average molecular weight is 272 g/mol. The number of anilines is 1. The van der Waals surface area contributed by atoms with Crippen molar-refractivity contribution in [2.24, 2.45) is 0 Å². The van der Waals surface area contributed by atoms with Crippen LogP contribution in [0.2, 0.25) is 0 Å². The van der Waals surface area contributed by atoms with Gasteiger partial charge in [-0.05, 0) is 12.1 Å². The standard InChI is InChI=1S/C14H16N4O2/c1-14(2,11-5-3-4-6-15-11)9-18-12-8-16-10(7-17-12)13(19)20/h3-8H,9H2,1-2H3,(H,17,18)(H,19,20). The minimum absolute atomic E-state index is 0.0699. The monoisotopic (exact) mass is 272 g/mol. The van der Waals surface area contributed by atoms with Crippen molar-refractivity contribution in [2.75, 3.05) is 11.9 Å². The van der Waals surface area contributed by atoms with E-state index in [1.807, 2.05) is 18.2 Å². The molecule has 0 unspecified atom stereocenters. The van der Waals surface area contributed by atoms with Crippen LogP contribution in [0.3, 0.4) is 0 Å². The summed E-state index contributed by atoms with van der Waals surface area (Å²) in [4.78, 5) is 22.9. The van der Waals surface area contributed by atoms with Crippen LogP contribution in [0.25, 0.3) is 0 Å². The Hall–Kier alpha value is -2.50. The molecular weight excluding hydrogens is 256 g/mol. The molecule has 0 saturated heterocycles. The van der Waals surface area contributed by atoms with Gasteiger partial charge in [0.15, 0.2) is 5.69 Å². The van der Waals surface area contributed by atoms with Gasteiger partial charge in [0, 0.05) is 23.9 Å². The molecule has 0 bridgehead atoms. The molecule has 0 radical (unpaired) electrons. The molecule has 0 aliphatic heterocycles. The minimum Gasteiger partial charge on any atom is -0.476 e. The van der Waals surface area contributed by atoms with E-state index in [1.165, 1.54) is 12.4 Å². The Morgan fingerprint density at radius 1 is 1.25 bits per heavy atom. The molecule has 0 spiro atoms. The molecule has 2 rings (SSSR count). The Labute approximate surface area is 116 Å². The van der Waals surface area contributed by atoms with Gasteiger partial charge in [-0.1, -0.05) is 19.9 Å². The normalized spacial score (nSPS) is 11.1. The van der Waals surface area contributed by atoms with Crippen molar-refractivity contribution in [1.29, 1.82) is 0 Å². The predicted molar refractivity (Wildman–Crippen MR) is 74.7 cm³/mol. The molecule has 0 aliphatic carbocycles. The molecular formula is C14H16N4O2. The molecule has 0 aromatic carbocycles. The zero-order chi connectivity index (χ0) is 14.6. The highest BCUT2D eigenvalue weighted by molar-refractivity contribution is 5.84. The maximum absolute atomic E-state index is 10.7. The summed E-state index contributed by atoms with van der Waals surface area (Å²) >= 11 is 0. The maximum Gasteiger partial charge on any atom is 0.356 e. The highest BCUT2D eigenvalue weighted by Crippen LogP contribution is 2.20. The van der Waals surface area contributed by atoms with E-state index in [-0.39, 0.29) is 11.1 Å². The van der Waals surface area contributed by atoms with Crippen molar-refractivity contribution >= 4 is 11.8 Å². The van der Waals surface area contributed by atoms with E-state index >= 15 is 0 Å². The molecule has 20 heavy (non-hydrogen) atoms. The van der Waals surface area contributed by atoms with E-state index in [2.05, 4.69) is 34.1 Å². The number of hydrogen-bond donors (Lipinski definition) is 2. The van der Waals surface area contributed by atoms with Crippen LogP contribution in [0.4, 0.5) is 5.82 Å². The van der Waals surface area contributed by atoms with Crippen LogP contribution < -0.4 is 5.32 Å². The number of pyridine rings is 1. The van der Waals surface area contributed by atoms with Crippen molar-refractivity contribution in [3.63, 3.8) is 0 Å². The number of carbonyl (C=O) groups is 1. The molecule has 2 aromatic heterocycles. The van der Waals surface area contributed by atoms with Crippen molar-refractivity contribution in [1.82, 2.24) is 15.0 Å². The summed E-state index contributed by atoms with van der Waals surface area (Å²) in [7, 11) is 0. The Morgan fingerprint density at radius 2 is 2.05 bits per heavy atom. The molecule has 0 saturated carbocycles. The van der Waals surface area contributed by atoms with Crippen molar-refractivity contribution in [3.05, 3.63) is 48.2 Å². The van der Waals surface area contributed by atoms with E-state index < -0.39 is 5.97 Å². The van der Waals surface area contributed by atoms with E-state index in [0.717, 1.165) is 5.69 Å². The number of aromatic carboxylic acids is 1. The van der Waals surface area contributed by atoms with Crippen molar-refractivity contribution in [2.45, 2.75) is 19.3 Å². The number of nitrogens with zero attached hydrogens (tertiary/aromatic N) is 3. The molecule has 0 amide bonds. The Balaban J connectivity index is 2.03. The summed E-state index contributed by atoms with van der Waals surface area (Å²) in [6.07, 6.45) is 4.41. The van der Waals surface area contributed by atoms with E-state index in [0.29, 0.717) is 12.4 Å². The van der Waals surface area contributed by atoms with E-state index in [4.69, 9.17) is 5.11 Å². The summed E-state index contributed by atoms with van der Waals surface area (Å²) in [5.41, 5.74) is 0.733. The molecule has 6 heteroatoms.